The van der Waals surface area contributed by atoms with E-state index in [0.717, 1.165) is 35.7 Å². The predicted molar refractivity (Wildman–Crippen MR) is 125 cm³/mol. The van der Waals surface area contributed by atoms with E-state index in [2.05, 4.69) is 39.6 Å². The number of rotatable bonds is 5. The van der Waals surface area contributed by atoms with Crippen molar-refractivity contribution in [3.05, 3.63) is 76.1 Å². The topological polar surface area (TPSA) is 50.2 Å². The summed E-state index contributed by atoms with van der Waals surface area (Å²) in [5.41, 5.74) is 5.52. The molecule has 3 aromatic rings. The van der Waals surface area contributed by atoms with Gasteiger partial charge in [0.2, 0.25) is 0 Å². The number of benzene rings is 2. The molecule has 0 bridgehead atoms. The standard InChI is InChI=1S/C23H25ClN4OS/c1-16-22(24)17(2)28(26-16)21-9-5-19(6-10-21)23(29)25-15-18-3-7-20(8-4-18)27-11-13-30-14-12-27/h3-10H,11-15H2,1-2H3,(H,25,29). The molecule has 2 heterocycles. The highest BCUT2D eigenvalue weighted by Gasteiger charge is 2.13. The highest BCUT2D eigenvalue weighted by atomic mass is 35.5. The van der Waals surface area contributed by atoms with E-state index in [1.807, 2.05) is 49.9 Å². The molecule has 4 rings (SSSR count). The van der Waals surface area contributed by atoms with E-state index in [0.29, 0.717) is 17.1 Å². The number of nitrogens with zero attached hydrogens (tertiary/aromatic N) is 3. The third kappa shape index (κ3) is 4.50. The average Bonchev–Trinajstić information content (AvgIpc) is 3.06. The first-order valence-electron chi connectivity index (χ1n) is 10.0. The van der Waals surface area contributed by atoms with E-state index in [9.17, 15) is 4.79 Å². The van der Waals surface area contributed by atoms with Gasteiger partial charge in [-0.2, -0.15) is 16.9 Å². The summed E-state index contributed by atoms with van der Waals surface area (Å²) >= 11 is 8.24. The molecule has 0 radical (unpaired) electrons. The van der Waals surface area contributed by atoms with Crippen molar-refractivity contribution in [3.63, 3.8) is 0 Å². The van der Waals surface area contributed by atoms with Crippen LogP contribution in [-0.2, 0) is 6.54 Å². The van der Waals surface area contributed by atoms with Crippen molar-refractivity contribution in [1.82, 2.24) is 15.1 Å². The van der Waals surface area contributed by atoms with Crippen LogP contribution in [0.25, 0.3) is 5.69 Å². The first-order valence-corrected chi connectivity index (χ1v) is 11.6. The number of carbonyl (C=O) groups is 1. The Morgan fingerprint density at radius 2 is 1.67 bits per heavy atom. The zero-order valence-corrected chi connectivity index (χ0v) is 18.8. The fourth-order valence-electron chi connectivity index (χ4n) is 3.56. The van der Waals surface area contributed by atoms with Crippen molar-refractivity contribution < 1.29 is 4.79 Å². The molecule has 1 aromatic heterocycles. The predicted octanol–water partition coefficient (Wildman–Crippen LogP) is 4.63. The summed E-state index contributed by atoms with van der Waals surface area (Å²) in [6, 6.07) is 15.9. The molecule has 1 N–H and O–H groups in total. The normalized spacial score (nSPS) is 14.0. The Hall–Kier alpha value is -2.44. The summed E-state index contributed by atoms with van der Waals surface area (Å²) in [6.07, 6.45) is 0. The summed E-state index contributed by atoms with van der Waals surface area (Å²) in [4.78, 5) is 15.0. The number of thioether (sulfide) groups is 1. The van der Waals surface area contributed by atoms with Gasteiger partial charge in [0.1, 0.15) is 0 Å². The van der Waals surface area contributed by atoms with Crippen LogP contribution in [0.15, 0.2) is 48.5 Å². The second-order valence-corrected chi connectivity index (χ2v) is 8.99. The van der Waals surface area contributed by atoms with Crippen molar-refractivity contribution in [2.75, 3.05) is 29.5 Å². The molecule has 30 heavy (non-hydrogen) atoms. The van der Waals surface area contributed by atoms with E-state index in [1.54, 1.807) is 4.68 Å². The number of halogens is 1. The van der Waals surface area contributed by atoms with Gasteiger partial charge in [-0.1, -0.05) is 23.7 Å². The van der Waals surface area contributed by atoms with Gasteiger partial charge in [0.25, 0.3) is 5.91 Å². The number of aromatic nitrogens is 2. The average molecular weight is 441 g/mol. The van der Waals surface area contributed by atoms with Crippen LogP contribution in [0.1, 0.15) is 27.3 Å². The highest BCUT2D eigenvalue weighted by Crippen LogP contribution is 2.23. The smallest absolute Gasteiger partial charge is 0.251 e. The Labute approximate surface area is 186 Å². The lowest BCUT2D eigenvalue weighted by Gasteiger charge is -2.28. The minimum Gasteiger partial charge on any atom is -0.370 e. The number of aryl methyl sites for hydroxylation is 1. The van der Waals surface area contributed by atoms with E-state index < -0.39 is 0 Å². The van der Waals surface area contributed by atoms with Crippen LogP contribution in [0.3, 0.4) is 0 Å². The van der Waals surface area contributed by atoms with Crippen LogP contribution in [0, 0.1) is 13.8 Å². The van der Waals surface area contributed by atoms with Crippen molar-refractivity contribution in [1.29, 1.82) is 0 Å². The van der Waals surface area contributed by atoms with Gasteiger partial charge in [-0.05, 0) is 55.8 Å². The molecule has 2 aromatic carbocycles. The van der Waals surface area contributed by atoms with Crippen LogP contribution in [0.2, 0.25) is 5.02 Å². The first-order chi connectivity index (χ1) is 14.5. The van der Waals surface area contributed by atoms with Gasteiger partial charge in [0.05, 0.1) is 22.1 Å². The summed E-state index contributed by atoms with van der Waals surface area (Å²) in [6.45, 7) is 6.51. The fraction of sp³-hybridized carbons (Fsp3) is 0.304. The summed E-state index contributed by atoms with van der Waals surface area (Å²) in [5.74, 6) is 2.27. The van der Waals surface area contributed by atoms with Crippen LogP contribution in [0.4, 0.5) is 5.69 Å². The molecule has 7 heteroatoms. The zero-order valence-electron chi connectivity index (χ0n) is 17.2. The van der Waals surface area contributed by atoms with Gasteiger partial charge in [-0.15, -0.1) is 0 Å². The van der Waals surface area contributed by atoms with Crippen molar-refractivity contribution in [3.8, 4) is 5.69 Å². The SMILES string of the molecule is Cc1nn(-c2ccc(C(=O)NCc3ccc(N4CCSCC4)cc3)cc2)c(C)c1Cl. The Morgan fingerprint density at radius 3 is 2.27 bits per heavy atom. The molecule has 0 unspecified atom stereocenters. The molecule has 1 fully saturated rings. The van der Waals surface area contributed by atoms with E-state index in [-0.39, 0.29) is 5.91 Å². The maximum atomic E-state index is 12.5. The lowest BCUT2D eigenvalue weighted by molar-refractivity contribution is 0.0951. The van der Waals surface area contributed by atoms with Crippen LogP contribution in [0.5, 0.6) is 0 Å². The number of nitrogens with one attached hydrogen (secondary N) is 1. The second-order valence-electron chi connectivity index (χ2n) is 7.39. The lowest BCUT2D eigenvalue weighted by atomic mass is 10.1. The molecule has 0 spiro atoms. The molecular weight excluding hydrogens is 416 g/mol. The van der Waals surface area contributed by atoms with Gasteiger partial charge >= 0.3 is 0 Å². The molecule has 1 aliphatic rings. The molecule has 0 saturated carbocycles. The first kappa shape index (κ1) is 20.8. The Bertz CT molecular complexity index is 1020. The number of amides is 1. The number of hydrogen-bond acceptors (Lipinski definition) is 4. The van der Waals surface area contributed by atoms with Gasteiger partial charge in [-0.25, -0.2) is 4.68 Å². The minimum atomic E-state index is -0.0925. The molecule has 0 atom stereocenters. The van der Waals surface area contributed by atoms with Crippen LogP contribution < -0.4 is 10.2 Å². The van der Waals surface area contributed by atoms with Crippen molar-refractivity contribution in [2.24, 2.45) is 0 Å². The van der Waals surface area contributed by atoms with Gasteiger partial charge < -0.3 is 10.2 Å². The molecular formula is C23H25ClN4OS. The quantitative estimate of drug-likeness (QED) is 0.628. The van der Waals surface area contributed by atoms with E-state index in [4.69, 9.17) is 11.6 Å². The van der Waals surface area contributed by atoms with Crippen molar-refractivity contribution >= 4 is 35.0 Å². The van der Waals surface area contributed by atoms with E-state index in [1.165, 1.54) is 17.2 Å². The molecule has 1 aliphatic heterocycles. The number of hydrogen-bond donors (Lipinski definition) is 1. The van der Waals surface area contributed by atoms with Crippen LogP contribution in [-0.4, -0.2) is 40.3 Å². The molecule has 0 aliphatic carbocycles. The summed E-state index contributed by atoms with van der Waals surface area (Å²) in [5, 5.41) is 8.12. The molecule has 5 nitrogen and oxygen atoms in total. The maximum absolute atomic E-state index is 12.5. The van der Waals surface area contributed by atoms with Gasteiger partial charge in [-0.3, -0.25) is 4.79 Å². The largest absolute Gasteiger partial charge is 0.370 e. The maximum Gasteiger partial charge on any atom is 0.251 e. The Balaban J connectivity index is 1.36. The van der Waals surface area contributed by atoms with Crippen molar-refractivity contribution in [2.45, 2.75) is 20.4 Å². The molecule has 1 saturated heterocycles. The number of anilines is 1. The molecule has 156 valence electrons. The highest BCUT2D eigenvalue weighted by molar-refractivity contribution is 7.99. The van der Waals surface area contributed by atoms with E-state index >= 15 is 0 Å². The Kier molecular flexibility index (Phi) is 6.35. The van der Waals surface area contributed by atoms with Gasteiger partial charge in [0.15, 0.2) is 0 Å². The summed E-state index contributed by atoms with van der Waals surface area (Å²) < 4.78 is 1.79. The summed E-state index contributed by atoms with van der Waals surface area (Å²) in [7, 11) is 0. The third-order valence-corrected chi connectivity index (χ3v) is 6.83. The minimum absolute atomic E-state index is 0.0925. The van der Waals surface area contributed by atoms with Gasteiger partial charge in [0, 0.05) is 42.4 Å². The molecule has 1 amide bonds. The fourth-order valence-corrected chi connectivity index (χ4v) is 4.58. The second kappa shape index (κ2) is 9.14. The third-order valence-electron chi connectivity index (χ3n) is 5.34. The monoisotopic (exact) mass is 440 g/mol. The lowest BCUT2D eigenvalue weighted by Crippen LogP contribution is -2.32. The number of carbonyl (C=O) groups excluding carboxylic acids is 1. The van der Waals surface area contributed by atoms with Crippen LogP contribution >= 0.6 is 23.4 Å². The Morgan fingerprint density at radius 1 is 1.03 bits per heavy atom. The zero-order chi connectivity index (χ0) is 21.1.